The van der Waals surface area contributed by atoms with Crippen LogP contribution >= 0.6 is 0 Å². The minimum absolute atomic E-state index is 1.18. The summed E-state index contributed by atoms with van der Waals surface area (Å²) in [5.74, 6) is 0. The van der Waals surface area contributed by atoms with Gasteiger partial charge in [0.05, 0.1) is 0 Å². The van der Waals surface area contributed by atoms with Crippen molar-refractivity contribution in [2.45, 2.75) is 142 Å². The van der Waals surface area contributed by atoms with Gasteiger partial charge in [-0.1, -0.05) is 65.2 Å². The van der Waals surface area contributed by atoms with E-state index in [4.69, 9.17) is 8.23 Å². The maximum Gasteiger partial charge on any atom is 0.311 e. The van der Waals surface area contributed by atoms with Gasteiger partial charge in [0, 0.05) is 0 Å². The molecule has 0 aromatic heterocycles. The van der Waals surface area contributed by atoms with E-state index in [1.54, 1.807) is 0 Å². The van der Waals surface area contributed by atoms with Crippen molar-refractivity contribution in [1.29, 1.82) is 0 Å². The Labute approximate surface area is 212 Å². The van der Waals surface area contributed by atoms with Gasteiger partial charge in [-0.25, -0.2) is 0 Å². The molecule has 0 aromatic carbocycles. The average Bonchev–Trinajstić information content (AvgIpc) is 2.69. The molecule has 0 aliphatic rings. The van der Waals surface area contributed by atoms with Crippen LogP contribution in [0.4, 0.5) is 0 Å². The Kier molecular flexibility index (Phi) is 19.9. The van der Waals surface area contributed by atoms with Crippen LogP contribution < -0.4 is 10.6 Å². The second-order valence-electron chi connectivity index (χ2n) is 11.7. The fourth-order valence-electron chi connectivity index (χ4n) is 4.62. The van der Waals surface area contributed by atoms with Crippen LogP contribution in [0.1, 0.15) is 90.9 Å². The van der Waals surface area contributed by atoms with E-state index in [1.165, 1.54) is 115 Å². The van der Waals surface area contributed by atoms with E-state index in [0.717, 1.165) is 0 Å². The summed E-state index contributed by atoms with van der Waals surface area (Å²) in [4.78, 5) is 0. The molecule has 0 unspecified atom stereocenters. The summed E-state index contributed by atoms with van der Waals surface area (Å²) in [7, 11) is -5.36. The zero-order valence-electron chi connectivity index (χ0n) is 24.0. The summed E-state index contributed by atoms with van der Waals surface area (Å²) in [5.41, 5.74) is 0. The predicted octanol–water partition coefficient (Wildman–Crippen LogP) is 8.03. The van der Waals surface area contributed by atoms with Crippen molar-refractivity contribution in [2.24, 2.45) is 0 Å². The first-order chi connectivity index (χ1) is 15.5. The average molecular weight is 519 g/mol. The summed E-state index contributed by atoms with van der Waals surface area (Å²) in [6.45, 7) is 23.4. The Hall–Kier alpha value is 0.491. The molecule has 0 amide bonds. The quantitative estimate of drug-likeness (QED) is 0.100. The first kappa shape index (κ1) is 33.5. The van der Waals surface area contributed by atoms with Crippen LogP contribution in [0.3, 0.4) is 0 Å². The van der Waals surface area contributed by atoms with Crippen molar-refractivity contribution < 1.29 is 8.23 Å². The molecule has 0 rings (SSSR count). The van der Waals surface area contributed by atoms with Crippen molar-refractivity contribution in [3.63, 3.8) is 0 Å². The summed E-state index contributed by atoms with van der Waals surface area (Å²) in [6.07, 6.45) is 15.8. The van der Waals surface area contributed by atoms with E-state index in [1.807, 2.05) is 0 Å². The fourth-order valence-corrected chi connectivity index (χ4v) is 18.8. The molecule has 0 aliphatic carbocycles. The van der Waals surface area contributed by atoms with Crippen LogP contribution in [0.5, 0.6) is 0 Å². The smallest absolute Gasteiger partial charge is 0.311 e. The van der Waals surface area contributed by atoms with E-state index in [2.05, 4.69) is 63.8 Å². The Bertz CT molecular complexity index is 411. The zero-order chi connectivity index (χ0) is 25.1. The second-order valence-corrected chi connectivity index (χ2v) is 24.1. The van der Waals surface area contributed by atoms with Crippen molar-refractivity contribution >= 4 is 25.2 Å². The SMILES string of the molecule is CCCCNCCCCCC[Si](C)(C)O[Si](C)(C)O[Si](C)(C)CCCCCCNCCCC. The molecule has 0 aliphatic heterocycles. The molecule has 2 N–H and O–H groups in total. The molecule has 0 fully saturated rings. The summed E-state index contributed by atoms with van der Waals surface area (Å²) < 4.78 is 13.6. The lowest BCUT2D eigenvalue weighted by Gasteiger charge is -2.39. The van der Waals surface area contributed by atoms with Gasteiger partial charge in [-0.2, -0.15) is 0 Å². The highest BCUT2D eigenvalue weighted by atomic mass is 28.5. The molecule has 0 heterocycles. The first-order valence-corrected chi connectivity index (χ1v) is 23.4. The number of hydrogen-bond donors (Lipinski definition) is 2. The van der Waals surface area contributed by atoms with E-state index in [0.29, 0.717) is 0 Å². The molecule has 33 heavy (non-hydrogen) atoms. The molecule has 0 atom stereocenters. The van der Waals surface area contributed by atoms with Crippen molar-refractivity contribution in [2.75, 3.05) is 26.2 Å². The summed E-state index contributed by atoms with van der Waals surface area (Å²) >= 11 is 0. The van der Waals surface area contributed by atoms with Crippen LogP contribution in [0, 0.1) is 0 Å². The third-order valence-electron chi connectivity index (χ3n) is 6.22. The van der Waals surface area contributed by atoms with E-state index >= 15 is 0 Å². The van der Waals surface area contributed by atoms with Crippen molar-refractivity contribution in [1.82, 2.24) is 10.6 Å². The summed E-state index contributed by atoms with van der Waals surface area (Å²) in [6, 6.07) is 2.54. The van der Waals surface area contributed by atoms with E-state index in [9.17, 15) is 0 Å². The van der Waals surface area contributed by atoms with Crippen LogP contribution in [0.2, 0.25) is 51.4 Å². The molecule has 7 heteroatoms. The maximum absolute atomic E-state index is 6.79. The fraction of sp³-hybridized carbons (Fsp3) is 1.00. The van der Waals surface area contributed by atoms with Gasteiger partial charge in [0.25, 0.3) is 0 Å². The van der Waals surface area contributed by atoms with Gasteiger partial charge >= 0.3 is 8.56 Å². The highest BCUT2D eigenvalue weighted by molar-refractivity contribution is 6.87. The second kappa shape index (κ2) is 19.7. The zero-order valence-corrected chi connectivity index (χ0v) is 27.0. The molecule has 0 aromatic rings. The Morgan fingerprint density at radius 3 is 1.15 bits per heavy atom. The van der Waals surface area contributed by atoms with Crippen LogP contribution in [-0.4, -0.2) is 51.4 Å². The minimum Gasteiger partial charge on any atom is -0.437 e. The molecule has 0 radical (unpaired) electrons. The van der Waals surface area contributed by atoms with Crippen molar-refractivity contribution in [3.8, 4) is 0 Å². The number of hydrogen-bond acceptors (Lipinski definition) is 4. The standard InChI is InChI=1S/C26H62N2O2Si3/c1-9-11-21-27-23-17-13-15-19-25-31(3,4)29-33(7,8)30-32(5,6)26-20-16-14-18-24-28-22-12-10-2/h27-28H,9-26H2,1-8H3. The van der Waals surface area contributed by atoms with Gasteiger partial charge in [0.15, 0.2) is 16.6 Å². The lowest BCUT2D eigenvalue weighted by atomic mass is 10.2. The van der Waals surface area contributed by atoms with Crippen LogP contribution in [0.25, 0.3) is 0 Å². The van der Waals surface area contributed by atoms with Gasteiger partial charge in [0.2, 0.25) is 0 Å². The van der Waals surface area contributed by atoms with Crippen LogP contribution in [0.15, 0.2) is 0 Å². The van der Waals surface area contributed by atoms with Gasteiger partial charge in [-0.05, 0) is 103 Å². The monoisotopic (exact) mass is 518 g/mol. The van der Waals surface area contributed by atoms with Crippen LogP contribution in [-0.2, 0) is 8.23 Å². The Morgan fingerprint density at radius 1 is 0.455 bits per heavy atom. The molecule has 0 spiro atoms. The van der Waals surface area contributed by atoms with Crippen molar-refractivity contribution in [3.05, 3.63) is 0 Å². The molecule has 0 saturated heterocycles. The topological polar surface area (TPSA) is 42.5 Å². The molecule has 4 nitrogen and oxygen atoms in total. The number of unbranched alkanes of at least 4 members (excludes halogenated alkanes) is 8. The predicted molar refractivity (Wildman–Crippen MR) is 157 cm³/mol. The third kappa shape index (κ3) is 22.7. The van der Waals surface area contributed by atoms with Gasteiger partial charge in [-0.15, -0.1) is 0 Å². The molecule has 200 valence electrons. The summed E-state index contributed by atoms with van der Waals surface area (Å²) in [5, 5.41) is 7.11. The van der Waals surface area contributed by atoms with E-state index < -0.39 is 25.2 Å². The van der Waals surface area contributed by atoms with Gasteiger partial charge < -0.3 is 18.9 Å². The molecular formula is C26H62N2O2Si3. The Morgan fingerprint density at radius 2 is 0.788 bits per heavy atom. The number of nitrogens with one attached hydrogen (secondary N) is 2. The lowest BCUT2D eigenvalue weighted by Crippen LogP contribution is -2.52. The maximum atomic E-state index is 6.79. The van der Waals surface area contributed by atoms with Gasteiger partial charge in [0.1, 0.15) is 0 Å². The highest BCUT2D eigenvalue weighted by Crippen LogP contribution is 2.27. The Balaban J connectivity index is 4.00. The molecule has 0 bridgehead atoms. The van der Waals surface area contributed by atoms with E-state index in [-0.39, 0.29) is 0 Å². The minimum atomic E-state index is -2.06. The first-order valence-electron chi connectivity index (χ1n) is 14.4. The lowest BCUT2D eigenvalue weighted by molar-refractivity contribution is 0.385. The van der Waals surface area contributed by atoms with Gasteiger partial charge in [-0.3, -0.25) is 0 Å². The molecular weight excluding hydrogens is 457 g/mol. The number of rotatable bonds is 24. The molecule has 0 saturated carbocycles. The largest absolute Gasteiger partial charge is 0.437 e. The normalized spacial score (nSPS) is 13.1. The third-order valence-corrected chi connectivity index (χ3v) is 17.7. The highest BCUT2D eigenvalue weighted by Gasteiger charge is 2.39.